The zero-order valence-electron chi connectivity index (χ0n) is 14.6. The molecule has 0 aliphatic carbocycles. The molecule has 26 heavy (non-hydrogen) atoms. The number of benzene rings is 3. The van der Waals surface area contributed by atoms with Gasteiger partial charge in [-0.25, -0.2) is 13.1 Å². The molecule has 1 atom stereocenters. The molecule has 0 radical (unpaired) electrons. The molecule has 0 bridgehead atoms. The second-order valence-electron chi connectivity index (χ2n) is 6.78. The third kappa shape index (κ3) is 3.45. The van der Waals surface area contributed by atoms with Crippen LogP contribution in [0.15, 0.2) is 65.6 Å². The van der Waals surface area contributed by atoms with E-state index in [-0.39, 0.29) is 6.04 Å². The number of hydrogen-bond acceptors (Lipinski definition) is 3. The van der Waals surface area contributed by atoms with Gasteiger partial charge in [-0.2, -0.15) is 0 Å². The molecule has 5 heteroatoms. The summed E-state index contributed by atoms with van der Waals surface area (Å²) in [4.78, 5) is 0.297. The first kappa shape index (κ1) is 17.1. The third-order valence-corrected chi connectivity index (χ3v) is 6.27. The zero-order chi connectivity index (χ0) is 18.1. The van der Waals surface area contributed by atoms with E-state index in [1.54, 1.807) is 12.1 Å². The van der Waals surface area contributed by atoms with E-state index in [0.29, 0.717) is 11.3 Å². The summed E-state index contributed by atoms with van der Waals surface area (Å²) in [5, 5.41) is 1.95. The van der Waals surface area contributed by atoms with Gasteiger partial charge in [-0.05, 0) is 53.4 Å². The minimum absolute atomic E-state index is 0.202. The first-order chi connectivity index (χ1) is 12.5. The van der Waals surface area contributed by atoms with Crippen LogP contribution in [0.25, 0.3) is 10.8 Å². The molecule has 3 aromatic rings. The molecule has 0 aromatic heterocycles. The summed E-state index contributed by atoms with van der Waals surface area (Å²) in [6.45, 7) is 2.62. The lowest BCUT2D eigenvalue weighted by Crippen LogP contribution is -2.34. The van der Waals surface area contributed by atoms with Gasteiger partial charge in [0, 0.05) is 12.5 Å². The van der Waals surface area contributed by atoms with Gasteiger partial charge in [0.2, 0.25) is 10.0 Å². The fourth-order valence-electron chi connectivity index (χ4n) is 3.43. The van der Waals surface area contributed by atoms with Gasteiger partial charge in [-0.15, -0.1) is 0 Å². The molecule has 0 amide bonds. The van der Waals surface area contributed by atoms with E-state index in [0.717, 1.165) is 35.1 Å². The van der Waals surface area contributed by atoms with Gasteiger partial charge in [0.15, 0.2) is 0 Å². The first-order valence-corrected chi connectivity index (χ1v) is 10.3. The van der Waals surface area contributed by atoms with Crippen LogP contribution in [0.4, 0.5) is 0 Å². The van der Waals surface area contributed by atoms with Crippen molar-refractivity contribution in [1.82, 2.24) is 4.72 Å². The van der Waals surface area contributed by atoms with Crippen LogP contribution in [-0.2, 0) is 22.9 Å². The monoisotopic (exact) mass is 367 g/mol. The summed E-state index contributed by atoms with van der Waals surface area (Å²) in [6.07, 6.45) is 1.56. The van der Waals surface area contributed by atoms with E-state index in [1.807, 2.05) is 49.4 Å². The van der Waals surface area contributed by atoms with Crippen LogP contribution in [0, 0.1) is 0 Å². The Labute approximate surface area is 153 Å². The van der Waals surface area contributed by atoms with Crippen molar-refractivity contribution in [2.24, 2.45) is 0 Å². The second-order valence-corrected chi connectivity index (χ2v) is 8.49. The highest BCUT2D eigenvalue weighted by molar-refractivity contribution is 7.89. The van der Waals surface area contributed by atoms with Crippen LogP contribution in [0.1, 0.15) is 18.1 Å². The Hall–Kier alpha value is -2.37. The van der Waals surface area contributed by atoms with E-state index in [9.17, 15) is 8.42 Å². The predicted molar refractivity (Wildman–Crippen MR) is 103 cm³/mol. The summed E-state index contributed by atoms with van der Waals surface area (Å²) >= 11 is 0. The molecular formula is C21H21NO3S. The highest BCUT2D eigenvalue weighted by atomic mass is 32.2. The van der Waals surface area contributed by atoms with Crippen molar-refractivity contribution >= 4 is 20.8 Å². The number of sulfonamides is 1. The van der Waals surface area contributed by atoms with Crippen molar-refractivity contribution in [3.8, 4) is 5.75 Å². The minimum atomic E-state index is -3.56. The van der Waals surface area contributed by atoms with Crippen LogP contribution in [-0.4, -0.2) is 21.1 Å². The lowest BCUT2D eigenvalue weighted by Gasteiger charge is -2.15. The summed E-state index contributed by atoms with van der Waals surface area (Å²) in [6, 6.07) is 18.9. The Morgan fingerprint density at radius 2 is 1.85 bits per heavy atom. The lowest BCUT2D eigenvalue weighted by molar-refractivity contribution is 0.357. The molecule has 4 rings (SSSR count). The molecule has 1 unspecified atom stereocenters. The van der Waals surface area contributed by atoms with Gasteiger partial charge >= 0.3 is 0 Å². The van der Waals surface area contributed by atoms with Crippen LogP contribution < -0.4 is 9.46 Å². The van der Waals surface area contributed by atoms with Gasteiger partial charge in [-0.3, -0.25) is 0 Å². The smallest absolute Gasteiger partial charge is 0.240 e. The molecule has 3 aromatic carbocycles. The van der Waals surface area contributed by atoms with Gasteiger partial charge < -0.3 is 4.74 Å². The lowest BCUT2D eigenvalue weighted by atomic mass is 10.0. The van der Waals surface area contributed by atoms with Crippen molar-refractivity contribution in [1.29, 1.82) is 0 Å². The maximum Gasteiger partial charge on any atom is 0.240 e. The molecule has 4 nitrogen and oxygen atoms in total. The molecule has 0 saturated heterocycles. The quantitative estimate of drug-likeness (QED) is 0.748. The van der Waals surface area contributed by atoms with Crippen molar-refractivity contribution in [3.63, 3.8) is 0 Å². The number of hydrogen-bond donors (Lipinski definition) is 1. The summed E-state index contributed by atoms with van der Waals surface area (Å²) < 4.78 is 33.8. The maximum absolute atomic E-state index is 12.7. The van der Waals surface area contributed by atoms with Gasteiger partial charge in [0.1, 0.15) is 5.75 Å². The molecule has 1 N–H and O–H groups in total. The minimum Gasteiger partial charge on any atom is -0.493 e. The molecular weight excluding hydrogens is 346 g/mol. The fraction of sp³-hybridized carbons (Fsp3) is 0.238. The van der Waals surface area contributed by atoms with Crippen molar-refractivity contribution in [2.75, 3.05) is 6.61 Å². The molecule has 0 fully saturated rings. The first-order valence-electron chi connectivity index (χ1n) is 8.77. The number of ether oxygens (including phenoxy) is 1. The average Bonchev–Trinajstić information content (AvgIpc) is 3.08. The summed E-state index contributed by atoms with van der Waals surface area (Å²) in [5.74, 6) is 0.943. The third-order valence-electron chi connectivity index (χ3n) is 4.68. The normalized spacial score (nSPS) is 14.8. The highest BCUT2D eigenvalue weighted by Gasteiger charge is 2.19. The number of fused-ring (bicyclic) bond motifs is 2. The number of rotatable bonds is 5. The Kier molecular flexibility index (Phi) is 4.42. The van der Waals surface area contributed by atoms with Gasteiger partial charge in [-0.1, -0.05) is 42.5 Å². The topological polar surface area (TPSA) is 55.4 Å². The second kappa shape index (κ2) is 6.74. The van der Waals surface area contributed by atoms with Crippen molar-refractivity contribution < 1.29 is 13.2 Å². The Morgan fingerprint density at radius 1 is 1.04 bits per heavy atom. The maximum atomic E-state index is 12.7. The van der Waals surface area contributed by atoms with Crippen molar-refractivity contribution in [2.45, 2.75) is 30.7 Å². The van der Waals surface area contributed by atoms with Crippen LogP contribution in [0.3, 0.4) is 0 Å². The SMILES string of the molecule is CC(Cc1ccc2c(c1)CCO2)NS(=O)(=O)c1ccc2ccccc2c1. The predicted octanol–water partition coefficient (Wildman–Crippen LogP) is 3.68. The number of nitrogens with one attached hydrogen (secondary N) is 1. The van der Waals surface area contributed by atoms with E-state index < -0.39 is 10.0 Å². The molecule has 1 heterocycles. The Bertz CT molecular complexity index is 1060. The van der Waals surface area contributed by atoms with Crippen LogP contribution in [0.2, 0.25) is 0 Å². The Morgan fingerprint density at radius 3 is 2.69 bits per heavy atom. The van der Waals surface area contributed by atoms with E-state index >= 15 is 0 Å². The highest BCUT2D eigenvalue weighted by Crippen LogP contribution is 2.26. The summed E-state index contributed by atoms with van der Waals surface area (Å²) in [5.41, 5.74) is 2.31. The van der Waals surface area contributed by atoms with E-state index in [4.69, 9.17) is 4.74 Å². The molecule has 0 spiro atoms. The standard InChI is InChI=1S/C21H21NO3S/c1-15(12-16-6-9-21-19(13-16)10-11-25-21)22-26(23,24)20-8-7-17-4-2-3-5-18(17)14-20/h2-9,13-15,22H,10-12H2,1H3. The largest absolute Gasteiger partial charge is 0.493 e. The van der Waals surface area contributed by atoms with Gasteiger partial charge in [0.05, 0.1) is 11.5 Å². The van der Waals surface area contributed by atoms with Crippen LogP contribution >= 0.6 is 0 Å². The molecule has 1 aliphatic heterocycles. The van der Waals surface area contributed by atoms with Crippen molar-refractivity contribution in [3.05, 3.63) is 71.8 Å². The average molecular weight is 367 g/mol. The molecule has 134 valence electrons. The zero-order valence-corrected chi connectivity index (χ0v) is 15.4. The molecule has 1 aliphatic rings. The molecule has 0 saturated carbocycles. The van der Waals surface area contributed by atoms with E-state index in [2.05, 4.69) is 10.8 Å². The fourth-order valence-corrected chi connectivity index (χ4v) is 4.71. The Balaban J connectivity index is 1.51. The van der Waals surface area contributed by atoms with E-state index in [1.165, 1.54) is 5.56 Å². The summed E-state index contributed by atoms with van der Waals surface area (Å²) in [7, 11) is -3.56. The van der Waals surface area contributed by atoms with Gasteiger partial charge in [0.25, 0.3) is 0 Å². The van der Waals surface area contributed by atoms with Crippen LogP contribution in [0.5, 0.6) is 5.75 Å².